The minimum absolute atomic E-state index is 0.0133. The minimum atomic E-state index is -4.11. The van der Waals surface area contributed by atoms with E-state index in [9.17, 15) is 18.0 Å². The molecular formula is C14H27F3N2O2. The van der Waals surface area contributed by atoms with Crippen LogP contribution in [0.4, 0.5) is 13.2 Å². The predicted octanol–water partition coefficient (Wildman–Crippen LogP) is 2.76. The third kappa shape index (κ3) is 10.5. The van der Waals surface area contributed by atoms with Gasteiger partial charge in [-0.25, -0.2) is 0 Å². The van der Waals surface area contributed by atoms with Crippen molar-refractivity contribution in [2.45, 2.75) is 64.1 Å². The number of rotatable bonds is 12. The van der Waals surface area contributed by atoms with Crippen LogP contribution in [0.3, 0.4) is 0 Å². The molecule has 0 fully saturated rings. The van der Waals surface area contributed by atoms with E-state index in [2.05, 4.69) is 5.32 Å². The number of amides is 1. The van der Waals surface area contributed by atoms with Crippen LogP contribution in [-0.4, -0.2) is 37.4 Å². The third-order valence-corrected chi connectivity index (χ3v) is 3.27. The summed E-state index contributed by atoms with van der Waals surface area (Å²) in [5.74, 6) is -0.387. The number of nitrogens with two attached hydrogens (primary N) is 1. The Bertz CT molecular complexity index is 298. The number of hydrogen-bond acceptors (Lipinski definition) is 3. The summed E-state index contributed by atoms with van der Waals surface area (Å²) in [4.78, 5) is 11.4. The van der Waals surface area contributed by atoms with Crippen molar-refractivity contribution in [3.05, 3.63) is 0 Å². The molecule has 1 unspecified atom stereocenters. The van der Waals surface area contributed by atoms with E-state index >= 15 is 0 Å². The molecule has 0 bridgehead atoms. The van der Waals surface area contributed by atoms with Gasteiger partial charge < -0.3 is 15.8 Å². The van der Waals surface area contributed by atoms with Crippen molar-refractivity contribution in [2.24, 2.45) is 5.73 Å². The summed E-state index contributed by atoms with van der Waals surface area (Å²) < 4.78 is 40.8. The Labute approximate surface area is 124 Å². The molecule has 0 spiro atoms. The van der Waals surface area contributed by atoms with Crippen molar-refractivity contribution in [1.29, 1.82) is 0 Å². The van der Waals surface area contributed by atoms with Crippen molar-refractivity contribution in [1.82, 2.24) is 5.32 Å². The Hall–Kier alpha value is -0.820. The largest absolute Gasteiger partial charge is 0.389 e. The third-order valence-electron chi connectivity index (χ3n) is 3.27. The molecule has 0 aliphatic carbocycles. The van der Waals surface area contributed by atoms with Crippen LogP contribution < -0.4 is 11.1 Å². The molecule has 4 nitrogen and oxygen atoms in total. The summed E-state index contributed by atoms with van der Waals surface area (Å²) in [7, 11) is 0. The molecule has 0 aromatic carbocycles. The number of alkyl halides is 3. The zero-order chi connectivity index (χ0) is 16.4. The smallest absolute Gasteiger partial charge is 0.381 e. The van der Waals surface area contributed by atoms with Gasteiger partial charge in [0, 0.05) is 19.6 Å². The van der Waals surface area contributed by atoms with Crippen molar-refractivity contribution in [3.63, 3.8) is 0 Å². The van der Waals surface area contributed by atoms with Crippen LogP contribution in [0.1, 0.15) is 52.4 Å². The number of ether oxygens (including phenoxy) is 1. The number of primary amides is 1. The molecule has 21 heavy (non-hydrogen) atoms. The maximum atomic E-state index is 11.9. The second-order valence-electron chi connectivity index (χ2n) is 5.41. The van der Waals surface area contributed by atoms with Gasteiger partial charge in [0.05, 0.1) is 5.54 Å². The lowest BCUT2D eigenvalue weighted by Crippen LogP contribution is -2.53. The number of carbonyl (C=O) groups excluding carboxylic acids is 1. The molecular weight excluding hydrogens is 285 g/mol. The van der Waals surface area contributed by atoms with E-state index in [4.69, 9.17) is 10.5 Å². The van der Waals surface area contributed by atoms with E-state index in [1.54, 1.807) is 6.92 Å². The van der Waals surface area contributed by atoms with Gasteiger partial charge in [-0.05, 0) is 45.6 Å². The van der Waals surface area contributed by atoms with E-state index in [1.807, 2.05) is 6.92 Å². The molecule has 0 rings (SSSR count). The lowest BCUT2D eigenvalue weighted by atomic mass is 9.94. The molecule has 0 aromatic heterocycles. The highest BCUT2D eigenvalue weighted by atomic mass is 19.4. The van der Waals surface area contributed by atoms with Gasteiger partial charge in [0.2, 0.25) is 5.91 Å². The van der Waals surface area contributed by atoms with Crippen molar-refractivity contribution in [3.8, 4) is 0 Å². The average molecular weight is 312 g/mol. The molecule has 0 aromatic rings. The van der Waals surface area contributed by atoms with Crippen LogP contribution in [0.2, 0.25) is 0 Å². The fraction of sp³-hybridized carbons (Fsp3) is 0.929. The van der Waals surface area contributed by atoms with E-state index in [1.165, 1.54) is 0 Å². The highest BCUT2D eigenvalue weighted by Crippen LogP contribution is 2.21. The van der Waals surface area contributed by atoms with Crippen LogP contribution in [0.5, 0.6) is 0 Å². The van der Waals surface area contributed by atoms with Crippen LogP contribution >= 0.6 is 0 Å². The normalized spacial score (nSPS) is 14.9. The molecule has 0 aliphatic heterocycles. The van der Waals surface area contributed by atoms with Gasteiger partial charge in [-0.1, -0.05) is 6.92 Å². The first-order valence-corrected chi connectivity index (χ1v) is 7.40. The lowest BCUT2D eigenvalue weighted by molar-refractivity contribution is -0.137. The van der Waals surface area contributed by atoms with Gasteiger partial charge in [-0.3, -0.25) is 4.79 Å². The zero-order valence-electron chi connectivity index (χ0n) is 12.9. The Balaban J connectivity index is 3.70. The maximum Gasteiger partial charge on any atom is 0.389 e. The maximum absolute atomic E-state index is 11.9. The fourth-order valence-corrected chi connectivity index (χ4v) is 1.86. The second kappa shape index (κ2) is 10.00. The number of hydrogen-bond donors (Lipinski definition) is 2. The van der Waals surface area contributed by atoms with Gasteiger partial charge in [0.15, 0.2) is 0 Å². The Morgan fingerprint density at radius 2 is 1.76 bits per heavy atom. The van der Waals surface area contributed by atoms with Crippen LogP contribution in [0, 0.1) is 0 Å². The van der Waals surface area contributed by atoms with E-state index < -0.39 is 18.1 Å². The monoisotopic (exact) mass is 312 g/mol. The van der Waals surface area contributed by atoms with Gasteiger partial charge in [0.25, 0.3) is 0 Å². The van der Waals surface area contributed by atoms with Gasteiger partial charge in [0.1, 0.15) is 0 Å². The highest BCUT2D eigenvalue weighted by Gasteiger charge is 2.29. The molecule has 0 saturated carbocycles. The first-order valence-electron chi connectivity index (χ1n) is 7.40. The molecule has 0 aliphatic rings. The average Bonchev–Trinajstić information content (AvgIpc) is 2.38. The van der Waals surface area contributed by atoms with Gasteiger partial charge in [-0.2, -0.15) is 13.2 Å². The summed E-state index contributed by atoms with van der Waals surface area (Å²) in [6.07, 6.45) is -2.01. The zero-order valence-corrected chi connectivity index (χ0v) is 12.9. The van der Waals surface area contributed by atoms with Crippen molar-refractivity contribution < 1.29 is 22.7 Å². The molecule has 1 amide bonds. The Kier molecular flexibility index (Phi) is 9.61. The number of unbranched alkanes of at least 4 members (excludes halogenated alkanes) is 1. The number of halogens is 3. The summed E-state index contributed by atoms with van der Waals surface area (Å²) in [5, 5.41) is 3.13. The van der Waals surface area contributed by atoms with E-state index in [0.29, 0.717) is 26.0 Å². The Morgan fingerprint density at radius 3 is 2.29 bits per heavy atom. The molecule has 0 heterocycles. The summed E-state index contributed by atoms with van der Waals surface area (Å²) in [5.41, 5.74) is 4.66. The fourth-order valence-electron chi connectivity index (χ4n) is 1.86. The van der Waals surface area contributed by atoms with Gasteiger partial charge >= 0.3 is 6.18 Å². The molecule has 7 heteroatoms. The number of carbonyl (C=O) groups is 1. The van der Waals surface area contributed by atoms with Crippen molar-refractivity contribution >= 4 is 5.91 Å². The highest BCUT2D eigenvalue weighted by molar-refractivity contribution is 5.84. The summed E-state index contributed by atoms with van der Waals surface area (Å²) >= 11 is 0. The topological polar surface area (TPSA) is 64.3 Å². The molecule has 126 valence electrons. The second-order valence-corrected chi connectivity index (χ2v) is 5.41. The quantitative estimate of drug-likeness (QED) is 0.545. The lowest BCUT2D eigenvalue weighted by Gasteiger charge is -2.27. The predicted molar refractivity (Wildman–Crippen MR) is 75.9 cm³/mol. The first kappa shape index (κ1) is 20.2. The number of nitrogens with one attached hydrogen (secondary N) is 1. The van der Waals surface area contributed by atoms with Crippen LogP contribution in [-0.2, 0) is 9.53 Å². The van der Waals surface area contributed by atoms with Gasteiger partial charge in [-0.15, -0.1) is 0 Å². The minimum Gasteiger partial charge on any atom is -0.381 e. The Morgan fingerprint density at radius 1 is 1.14 bits per heavy atom. The van der Waals surface area contributed by atoms with Crippen LogP contribution in [0.15, 0.2) is 0 Å². The van der Waals surface area contributed by atoms with E-state index in [0.717, 1.165) is 12.8 Å². The SMILES string of the molecule is CCCNC(C)(CCCCOCCCC(F)(F)F)C(N)=O. The molecule has 0 saturated heterocycles. The van der Waals surface area contributed by atoms with E-state index in [-0.39, 0.29) is 18.9 Å². The molecule has 1 atom stereocenters. The van der Waals surface area contributed by atoms with Crippen molar-refractivity contribution in [2.75, 3.05) is 19.8 Å². The standard InChI is InChI=1S/C14H27F3N2O2/c1-3-9-19-13(2,12(18)20)7-4-5-10-21-11-6-8-14(15,16)17/h19H,3-11H2,1-2H3,(H2,18,20). The summed E-state index contributed by atoms with van der Waals surface area (Å²) in [6.45, 7) is 5.01. The van der Waals surface area contributed by atoms with Crippen LogP contribution in [0.25, 0.3) is 0 Å². The molecule has 0 radical (unpaired) electrons. The summed E-state index contributed by atoms with van der Waals surface area (Å²) in [6, 6.07) is 0. The molecule has 3 N–H and O–H groups in total. The first-order chi connectivity index (χ1) is 9.71.